The van der Waals surface area contributed by atoms with Crippen LogP contribution < -0.4 is 0 Å². The van der Waals surface area contributed by atoms with E-state index in [9.17, 15) is 0 Å². The van der Waals surface area contributed by atoms with Gasteiger partial charge in [-0.2, -0.15) is 0 Å². The predicted octanol–water partition coefficient (Wildman–Crippen LogP) is 4.90. The molecule has 2 aromatic heterocycles. The molecule has 0 unspecified atom stereocenters. The number of aromatic amines is 2. The lowest BCUT2D eigenvalue weighted by atomic mass is 9.86. The summed E-state index contributed by atoms with van der Waals surface area (Å²) in [5.41, 5.74) is 6.44. The van der Waals surface area contributed by atoms with Crippen molar-refractivity contribution in [3.05, 3.63) is 71.7 Å². The van der Waals surface area contributed by atoms with Crippen molar-refractivity contribution in [1.82, 2.24) is 9.97 Å². The Morgan fingerprint density at radius 3 is 2.24 bits per heavy atom. The van der Waals surface area contributed by atoms with Crippen LogP contribution in [-0.2, 0) is 11.8 Å². The average Bonchev–Trinajstić information content (AvgIpc) is 3.10. The molecule has 0 spiro atoms. The Balaban J connectivity index is 1.80. The van der Waals surface area contributed by atoms with Gasteiger partial charge in [-0.3, -0.25) is 0 Å². The molecule has 0 aliphatic carbocycles. The summed E-state index contributed by atoms with van der Waals surface area (Å²) >= 11 is 0. The van der Waals surface area contributed by atoms with Gasteiger partial charge in [0.2, 0.25) is 0 Å². The summed E-state index contributed by atoms with van der Waals surface area (Å²) in [5, 5.41) is 0. The molecule has 1 aromatic carbocycles. The zero-order chi connectivity index (χ0) is 14.9. The monoisotopic (exact) mass is 278 g/mol. The van der Waals surface area contributed by atoms with Crippen LogP contribution in [0.3, 0.4) is 0 Å². The van der Waals surface area contributed by atoms with Gasteiger partial charge in [-0.25, -0.2) is 0 Å². The maximum Gasteiger partial charge on any atom is 0.0456 e. The van der Waals surface area contributed by atoms with Gasteiger partial charge in [-0.15, -0.1) is 0 Å². The zero-order valence-electron chi connectivity index (χ0n) is 12.9. The number of H-pyrrole nitrogens is 2. The third-order valence-corrected chi connectivity index (χ3v) is 3.85. The molecule has 0 amide bonds. The number of hydrogen-bond donors (Lipinski definition) is 2. The van der Waals surface area contributed by atoms with E-state index in [0.717, 1.165) is 6.42 Å². The highest BCUT2D eigenvalue weighted by atomic mass is 14.7. The van der Waals surface area contributed by atoms with E-state index in [0.29, 0.717) is 0 Å². The fourth-order valence-electron chi connectivity index (χ4n) is 2.54. The van der Waals surface area contributed by atoms with Crippen LogP contribution in [0.4, 0.5) is 0 Å². The Kier molecular flexibility index (Phi) is 3.46. The van der Waals surface area contributed by atoms with Crippen LogP contribution in [0.25, 0.3) is 11.3 Å². The first kappa shape index (κ1) is 13.7. The van der Waals surface area contributed by atoms with Gasteiger partial charge in [0.25, 0.3) is 0 Å². The first-order chi connectivity index (χ1) is 10.0. The Morgan fingerprint density at radius 2 is 1.62 bits per heavy atom. The molecule has 2 heteroatoms. The zero-order valence-corrected chi connectivity index (χ0v) is 12.9. The van der Waals surface area contributed by atoms with E-state index in [1.165, 1.54) is 28.2 Å². The highest BCUT2D eigenvalue weighted by Crippen LogP contribution is 2.26. The molecule has 0 aliphatic heterocycles. The van der Waals surface area contributed by atoms with Crippen LogP contribution in [0.5, 0.6) is 0 Å². The molecule has 0 bridgehead atoms. The SMILES string of the molecule is CC(C)(C)c1ccc(-c2ccc(Cc3ccc[nH]3)[nH]2)cc1. The number of aromatic nitrogens is 2. The minimum atomic E-state index is 0.201. The number of rotatable bonds is 3. The minimum absolute atomic E-state index is 0.201. The topological polar surface area (TPSA) is 31.6 Å². The summed E-state index contributed by atoms with van der Waals surface area (Å²) in [6.45, 7) is 6.72. The van der Waals surface area contributed by atoms with Crippen molar-refractivity contribution >= 4 is 0 Å². The molecule has 2 nitrogen and oxygen atoms in total. The first-order valence-electron chi connectivity index (χ1n) is 7.43. The van der Waals surface area contributed by atoms with Crippen molar-refractivity contribution in [3.63, 3.8) is 0 Å². The lowest BCUT2D eigenvalue weighted by Crippen LogP contribution is -2.10. The summed E-state index contributed by atoms with van der Waals surface area (Å²) in [4.78, 5) is 6.74. The van der Waals surface area contributed by atoms with Gasteiger partial charge in [-0.1, -0.05) is 45.0 Å². The van der Waals surface area contributed by atoms with Crippen molar-refractivity contribution in [3.8, 4) is 11.3 Å². The largest absolute Gasteiger partial charge is 0.365 e. The second kappa shape index (κ2) is 5.28. The Hall–Kier alpha value is -2.22. The molecule has 3 rings (SSSR count). The van der Waals surface area contributed by atoms with Crippen LogP contribution in [0.15, 0.2) is 54.7 Å². The van der Waals surface area contributed by atoms with Gasteiger partial charge in [0.15, 0.2) is 0 Å². The highest BCUT2D eigenvalue weighted by Gasteiger charge is 2.13. The Bertz CT molecular complexity index is 695. The second-order valence-corrected chi connectivity index (χ2v) is 6.60. The highest BCUT2D eigenvalue weighted by molar-refractivity contribution is 5.60. The van der Waals surface area contributed by atoms with Gasteiger partial charge in [0.05, 0.1) is 0 Å². The quantitative estimate of drug-likeness (QED) is 0.683. The molecule has 0 saturated carbocycles. The summed E-state index contributed by atoms with van der Waals surface area (Å²) in [6.07, 6.45) is 2.87. The Morgan fingerprint density at radius 1 is 0.857 bits per heavy atom. The maximum absolute atomic E-state index is 3.51. The van der Waals surface area contributed by atoms with Crippen LogP contribution >= 0.6 is 0 Å². The molecule has 3 aromatic rings. The smallest absolute Gasteiger partial charge is 0.0456 e. The van der Waals surface area contributed by atoms with E-state index in [4.69, 9.17) is 0 Å². The fraction of sp³-hybridized carbons (Fsp3) is 0.263. The molecule has 0 fully saturated rings. The molecule has 0 saturated heterocycles. The van der Waals surface area contributed by atoms with Crippen molar-refractivity contribution in [2.75, 3.05) is 0 Å². The van der Waals surface area contributed by atoms with E-state index in [2.05, 4.69) is 73.2 Å². The molecule has 0 aliphatic rings. The van der Waals surface area contributed by atoms with Crippen LogP contribution in [0, 0.1) is 0 Å². The van der Waals surface area contributed by atoms with Crippen molar-refractivity contribution < 1.29 is 0 Å². The molecule has 0 atom stereocenters. The molecule has 108 valence electrons. The van der Waals surface area contributed by atoms with Gasteiger partial charge in [0, 0.05) is 29.7 Å². The lowest BCUT2D eigenvalue weighted by Gasteiger charge is -2.19. The number of benzene rings is 1. The van der Waals surface area contributed by atoms with Crippen molar-refractivity contribution in [2.45, 2.75) is 32.6 Å². The summed E-state index contributed by atoms with van der Waals surface area (Å²) in [5.74, 6) is 0. The van der Waals surface area contributed by atoms with E-state index < -0.39 is 0 Å². The van der Waals surface area contributed by atoms with E-state index >= 15 is 0 Å². The van der Waals surface area contributed by atoms with E-state index in [1.54, 1.807) is 0 Å². The van der Waals surface area contributed by atoms with E-state index in [-0.39, 0.29) is 5.41 Å². The van der Waals surface area contributed by atoms with E-state index in [1.807, 2.05) is 12.3 Å². The first-order valence-corrected chi connectivity index (χ1v) is 7.43. The Labute approximate surface area is 126 Å². The summed E-state index contributed by atoms with van der Waals surface area (Å²) in [7, 11) is 0. The standard InChI is InChI=1S/C19H22N2/c1-19(2,3)15-8-6-14(7-9-15)18-11-10-17(21-18)13-16-5-4-12-20-16/h4-12,20-21H,13H2,1-3H3. The minimum Gasteiger partial charge on any atom is -0.365 e. The lowest BCUT2D eigenvalue weighted by molar-refractivity contribution is 0.590. The third kappa shape index (κ3) is 3.10. The summed E-state index contributed by atoms with van der Waals surface area (Å²) in [6, 6.07) is 17.3. The van der Waals surface area contributed by atoms with Crippen molar-refractivity contribution in [2.24, 2.45) is 0 Å². The third-order valence-electron chi connectivity index (χ3n) is 3.85. The van der Waals surface area contributed by atoms with Gasteiger partial charge >= 0.3 is 0 Å². The second-order valence-electron chi connectivity index (χ2n) is 6.60. The normalized spacial score (nSPS) is 11.8. The fourth-order valence-corrected chi connectivity index (χ4v) is 2.54. The molecular formula is C19H22N2. The van der Waals surface area contributed by atoms with Gasteiger partial charge in [-0.05, 0) is 40.8 Å². The van der Waals surface area contributed by atoms with Crippen molar-refractivity contribution in [1.29, 1.82) is 0 Å². The molecule has 2 heterocycles. The average molecular weight is 278 g/mol. The van der Waals surface area contributed by atoms with Crippen LogP contribution in [-0.4, -0.2) is 9.97 Å². The van der Waals surface area contributed by atoms with Gasteiger partial charge < -0.3 is 9.97 Å². The molecule has 0 radical (unpaired) electrons. The van der Waals surface area contributed by atoms with Gasteiger partial charge in [0.1, 0.15) is 0 Å². The number of hydrogen-bond acceptors (Lipinski definition) is 0. The molecule has 21 heavy (non-hydrogen) atoms. The van der Waals surface area contributed by atoms with Crippen LogP contribution in [0.2, 0.25) is 0 Å². The predicted molar refractivity (Wildman–Crippen MR) is 88.5 cm³/mol. The molecular weight excluding hydrogens is 256 g/mol. The van der Waals surface area contributed by atoms with Crippen LogP contribution in [0.1, 0.15) is 37.7 Å². The molecule has 2 N–H and O–H groups in total. The summed E-state index contributed by atoms with van der Waals surface area (Å²) < 4.78 is 0. The maximum atomic E-state index is 3.51. The number of nitrogens with one attached hydrogen (secondary N) is 2.